The molecule has 0 fully saturated rings. The van der Waals surface area contributed by atoms with Gasteiger partial charge in [0.05, 0.1) is 12.7 Å². The van der Waals surface area contributed by atoms with Crippen molar-refractivity contribution in [3.63, 3.8) is 0 Å². The second kappa shape index (κ2) is 4.87. The van der Waals surface area contributed by atoms with E-state index in [2.05, 4.69) is 0 Å². The molecule has 0 saturated heterocycles. The van der Waals surface area contributed by atoms with Crippen LogP contribution in [0.1, 0.15) is 15.9 Å². The van der Waals surface area contributed by atoms with Gasteiger partial charge in [-0.05, 0) is 30.7 Å². The lowest BCUT2D eigenvalue weighted by molar-refractivity contribution is 0.112. The third-order valence-corrected chi connectivity index (χ3v) is 2.68. The molecule has 1 heterocycles. The minimum Gasteiger partial charge on any atom is -0.496 e. The fourth-order valence-electron chi connectivity index (χ4n) is 1.76. The molecule has 0 spiro atoms. The van der Waals surface area contributed by atoms with E-state index in [-0.39, 0.29) is 5.56 Å². The van der Waals surface area contributed by atoms with Gasteiger partial charge in [0.1, 0.15) is 5.75 Å². The lowest BCUT2D eigenvalue weighted by Gasteiger charge is -2.09. The Balaban J connectivity index is 2.61. The molecular weight excluding hydrogens is 230 g/mol. The minimum atomic E-state index is -0.136. The Labute approximate surface area is 104 Å². The predicted octanol–water partition coefficient (Wildman–Crippen LogP) is 1.97. The zero-order chi connectivity index (χ0) is 13.1. The van der Waals surface area contributed by atoms with Gasteiger partial charge in [-0.15, -0.1) is 0 Å². The fourth-order valence-corrected chi connectivity index (χ4v) is 1.76. The fraction of sp³-hybridized carbons (Fsp3) is 0.143. The molecule has 0 unspecified atom stereocenters. The monoisotopic (exact) mass is 243 g/mol. The van der Waals surface area contributed by atoms with Gasteiger partial charge in [-0.2, -0.15) is 0 Å². The van der Waals surface area contributed by atoms with E-state index < -0.39 is 0 Å². The van der Waals surface area contributed by atoms with Crippen molar-refractivity contribution < 1.29 is 9.53 Å². The molecule has 0 radical (unpaired) electrons. The number of aryl methyl sites for hydroxylation is 1. The Bertz CT molecular complexity index is 644. The number of benzene rings is 1. The molecule has 2 aromatic rings. The average molecular weight is 243 g/mol. The van der Waals surface area contributed by atoms with Gasteiger partial charge in [-0.3, -0.25) is 14.2 Å². The van der Waals surface area contributed by atoms with Crippen LogP contribution in [0.4, 0.5) is 0 Å². The van der Waals surface area contributed by atoms with Crippen LogP contribution in [-0.4, -0.2) is 18.0 Å². The molecule has 0 N–H and O–H groups in total. The molecule has 4 nitrogen and oxygen atoms in total. The summed E-state index contributed by atoms with van der Waals surface area (Å²) in [5.41, 5.74) is 1.90. The largest absolute Gasteiger partial charge is 0.496 e. The summed E-state index contributed by atoms with van der Waals surface area (Å²) in [6.07, 6.45) is 2.45. The lowest BCUT2D eigenvalue weighted by Crippen LogP contribution is -2.16. The Morgan fingerprint density at radius 2 is 2.00 bits per heavy atom. The van der Waals surface area contributed by atoms with Crippen molar-refractivity contribution in [2.45, 2.75) is 6.92 Å². The quantitative estimate of drug-likeness (QED) is 0.774. The van der Waals surface area contributed by atoms with E-state index in [1.54, 1.807) is 30.5 Å². The van der Waals surface area contributed by atoms with Crippen molar-refractivity contribution in [1.29, 1.82) is 0 Å². The summed E-state index contributed by atoms with van der Waals surface area (Å²) in [6.45, 7) is 1.90. The standard InChI is InChI=1S/C14H13NO3/c1-10-3-6-14(17)15(8-10)12-4-5-13(18-2)11(7-12)9-16/h3-9H,1-2H3. The van der Waals surface area contributed by atoms with Crippen molar-refractivity contribution in [2.75, 3.05) is 7.11 Å². The second-order valence-electron chi connectivity index (χ2n) is 3.96. The summed E-state index contributed by atoms with van der Waals surface area (Å²) in [5.74, 6) is 0.495. The highest BCUT2D eigenvalue weighted by Gasteiger charge is 2.06. The van der Waals surface area contributed by atoms with E-state index in [0.29, 0.717) is 23.3 Å². The van der Waals surface area contributed by atoms with Crippen LogP contribution in [0, 0.1) is 6.92 Å². The van der Waals surface area contributed by atoms with E-state index in [1.807, 2.05) is 6.92 Å². The van der Waals surface area contributed by atoms with E-state index in [9.17, 15) is 9.59 Å². The van der Waals surface area contributed by atoms with Crippen LogP contribution in [0.3, 0.4) is 0 Å². The SMILES string of the molecule is COc1ccc(-n2cc(C)ccc2=O)cc1C=O. The number of ether oxygens (including phenoxy) is 1. The number of aldehydes is 1. The van der Waals surface area contributed by atoms with Gasteiger partial charge in [-0.1, -0.05) is 6.07 Å². The van der Waals surface area contributed by atoms with Gasteiger partial charge in [0, 0.05) is 18.0 Å². The molecule has 0 bridgehead atoms. The minimum absolute atomic E-state index is 0.136. The van der Waals surface area contributed by atoms with Crippen molar-refractivity contribution in [3.05, 3.63) is 58.0 Å². The van der Waals surface area contributed by atoms with Crippen molar-refractivity contribution in [3.8, 4) is 11.4 Å². The maximum absolute atomic E-state index is 11.8. The first-order valence-corrected chi connectivity index (χ1v) is 5.48. The van der Waals surface area contributed by atoms with Gasteiger partial charge in [0.15, 0.2) is 6.29 Å². The number of carbonyl (C=O) groups excluding carboxylic acids is 1. The second-order valence-corrected chi connectivity index (χ2v) is 3.96. The molecule has 18 heavy (non-hydrogen) atoms. The third kappa shape index (κ3) is 2.18. The predicted molar refractivity (Wildman–Crippen MR) is 68.7 cm³/mol. The van der Waals surface area contributed by atoms with Crippen LogP contribution in [0.15, 0.2) is 41.3 Å². The van der Waals surface area contributed by atoms with Crippen LogP contribution in [-0.2, 0) is 0 Å². The highest BCUT2D eigenvalue weighted by molar-refractivity contribution is 5.80. The first-order valence-electron chi connectivity index (χ1n) is 5.48. The molecule has 4 heteroatoms. The summed E-state index contributed by atoms with van der Waals surface area (Å²) in [4.78, 5) is 22.7. The number of carbonyl (C=O) groups is 1. The summed E-state index contributed by atoms with van der Waals surface area (Å²) in [7, 11) is 1.50. The molecule has 2 rings (SSSR count). The number of hydrogen-bond acceptors (Lipinski definition) is 3. The van der Waals surface area contributed by atoms with Crippen LogP contribution in [0.5, 0.6) is 5.75 Å². The number of pyridine rings is 1. The van der Waals surface area contributed by atoms with E-state index in [4.69, 9.17) is 4.74 Å². The van der Waals surface area contributed by atoms with Gasteiger partial charge in [0.25, 0.3) is 5.56 Å². The van der Waals surface area contributed by atoms with Crippen LogP contribution >= 0.6 is 0 Å². The Morgan fingerprint density at radius 1 is 1.22 bits per heavy atom. The smallest absolute Gasteiger partial charge is 0.255 e. The number of nitrogens with zero attached hydrogens (tertiary/aromatic N) is 1. The molecule has 0 aliphatic rings. The van der Waals surface area contributed by atoms with E-state index in [1.165, 1.54) is 17.7 Å². The maximum atomic E-state index is 11.8. The highest BCUT2D eigenvalue weighted by atomic mass is 16.5. The molecule has 0 atom stereocenters. The van der Waals surface area contributed by atoms with E-state index in [0.717, 1.165) is 5.56 Å². The zero-order valence-corrected chi connectivity index (χ0v) is 10.2. The van der Waals surface area contributed by atoms with Gasteiger partial charge < -0.3 is 4.74 Å². The molecule has 0 aliphatic heterocycles. The van der Waals surface area contributed by atoms with Gasteiger partial charge in [-0.25, -0.2) is 0 Å². The first-order chi connectivity index (χ1) is 8.65. The van der Waals surface area contributed by atoms with Crippen LogP contribution in [0.25, 0.3) is 5.69 Å². The summed E-state index contributed by atoms with van der Waals surface area (Å²) >= 11 is 0. The number of hydrogen-bond donors (Lipinski definition) is 0. The lowest BCUT2D eigenvalue weighted by atomic mass is 10.2. The number of rotatable bonds is 3. The van der Waals surface area contributed by atoms with Crippen molar-refractivity contribution in [2.24, 2.45) is 0 Å². The normalized spacial score (nSPS) is 10.1. The Kier molecular flexibility index (Phi) is 3.28. The summed E-state index contributed by atoms with van der Waals surface area (Å²) in [6, 6.07) is 8.30. The average Bonchev–Trinajstić information content (AvgIpc) is 2.40. The summed E-state index contributed by atoms with van der Waals surface area (Å²) < 4.78 is 6.56. The molecule has 92 valence electrons. The molecule has 0 amide bonds. The van der Waals surface area contributed by atoms with Crippen LogP contribution < -0.4 is 10.3 Å². The summed E-state index contributed by atoms with van der Waals surface area (Å²) in [5, 5.41) is 0. The molecule has 0 aliphatic carbocycles. The Morgan fingerprint density at radius 3 is 2.67 bits per heavy atom. The van der Waals surface area contributed by atoms with Gasteiger partial charge >= 0.3 is 0 Å². The van der Waals surface area contributed by atoms with Gasteiger partial charge in [0.2, 0.25) is 0 Å². The molecule has 1 aromatic heterocycles. The molecule has 0 saturated carbocycles. The zero-order valence-electron chi connectivity index (χ0n) is 10.2. The highest BCUT2D eigenvalue weighted by Crippen LogP contribution is 2.19. The Hall–Kier alpha value is -2.36. The topological polar surface area (TPSA) is 48.3 Å². The van der Waals surface area contributed by atoms with Crippen molar-refractivity contribution in [1.82, 2.24) is 4.57 Å². The third-order valence-electron chi connectivity index (χ3n) is 2.68. The van der Waals surface area contributed by atoms with Crippen molar-refractivity contribution >= 4 is 6.29 Å². The first kappa shape index (κ1) is 12.1. The van der Waals surface area contributed by atoms with Crippen LogP contribution in [0.2, 0.25) is 0 Å². The number of methoxy groups -OCH3 is 1. The van der Waals surface area contributed by atoms with E-state index >= 15 is 0 Å². The molecule has 1 aromatic carbocycles. The molecular formula is C14H13NO3. The maximum Gasteiger partial charge on any atom is 0.255 e. The number of aromatic nitrogens is 1.